The van der Waals surface area contributed by atoms with Crippen LogP contribution < -0.4 is 14.3 Å². The maximum atomic E-state index is 13.0. The second-order valence-electron chi connectivity index (χ2n) is 7.82. The zero-order valence-corrected chi connectivity index (χ0v) is 20.1. The van der Waals surface area contributed by atoms with Gasteiger partial charge < -0.3 is 5.32 Å². The van der Waals surface area contributed by atoms with E-state index in [9.17, 15) is 21.6 Å². The van der Waals surface area contributed by atoms with Crippen molar-refractivity contribution in [3.8, 4) is 0 Å². The largest absolute Gasteiger partial charge is 0.326 e. The van der Waals surface area contributed by atoms with Crippen LogP contribution >= 0.6 is 0 Å². The monoisotopic (exact) mass is 479 g/mol. The Morgan fingerprint density at radius 2 is 1.75 bits per heavy atom. The number of nitrogens with one attached hydrogen (secondary N) is 2. The molecule has 0 atom stereocenters. The molecule has 0 spiro atoms. The van der Waals surface area contributed by atoms with Gasteiger partial charge in [-0.1, -0.05) is 13.8 Å². The maximum Gasteiger partial charge on any atom is 0.262 e. The van der Waals surface area contributed by atoms with Crippen LogP contribution in [0.15, 0.2) is 41.3 Å². The summed E-state index contributed by atoms with van der Waals surface area (Å²) >= 11 is 0. The molecule has 2 N–H and O–H groups in total. The van der Waals surface area contributed by atoms with Crippen molar-refractivity contribution < 1.29 is 21.6 Å². The highest BCUT2D eigenvalue weighted by molar-refractivity contribution is 7.93. The number of carbonyl (C=O) groups is 1. The molecule has 0 aliphatic carbocycles. The van der Waals surface area contributed by atoms with Crippen LogP contribution in [-0.4, -0.2) is 35.0 Å². The van der Waals surface area contributed by atoms with Gasteiger partial charge in [0.1, 0.15) is 0 Å². The molecule has 174 valence electrons. The van der Waals surface area contributed by atoms with Gasteiger partial charge in [0, 0.05) is 24.3 Å². The highest BCUT2D eigenvalue weighted by atomic mass is 32.2. The molecule has 0 fully saturated rings. The Morgan fingerprint density at radius 3 is 2.41 bits per heavy atom. The summed E-state index contributed by atoms with van der Waals surface area (Å²) in [6.45, 7) is 5.66. The number of anilines is 3. The highest BCUT2D eigenvalue weighted by Gasteiger charge is 2.27. The van der Waals surface area contributed by atoms with Gasteiger partial charge in [-0.3, -0.25) is 13.8 Å². The SMILES string of the molecule is CCCS(=O)(=O)N1CCCc2cc(NS(=O)(=O)c3ccc(NC(=O)CC)cc3C)ccc21. The van der Waals surface area contributed by atoms with Gasteiger partial charge in [0.2, 0.25) is 15.9 Å². The molecular weight excluding hydrogens is 450 g/mol. The molecule has 32 heavy (non-hydrogen) atoms. The molecule has 1 aliphatic rings. The lowest BCUT2D eigenvalue weighted by atomic mass is 10.0. The van der Waals surface area contributed by atoms with E-state index in [0.717, 1.165) is 5.56 Å². The average molecular weight is 480 g/mol. The van der Waals surface area contributed by atoms with E-state index >= 15 is 0 Å². The molecule has 0 aromatic heterocycles. The predicted molar refractivity (Wildman–Crippen MR) is 127 cm³/mol. The lowest BCUT2D eigenvalue weighted by Gasteiger charge is -2.30. The summed E-state index contributed by atoms with van der Waals surface area (Å²) in [4.78, 5) is 11.7. The molecule has 0 saturated heterocycles. The minimum Gasteiger partial charge on any atom is -0.326 e. The standard InChI is InChI=1S/C22H29N3O5S2/c1-4-13-31(27,28)25-12-6-7-17-15-19(8-10-20(17)25)24-32(29,30)21-11-9-18(14-16(21)3)23-22(26)5-2/h8-11,14-15,24H,4-7,12-13H2,1-3H3,(H,23,26). The third-order valence-corrected chi connectivity index (χ3v) is 8.79. The molecule has 1 heterocycles. The second-order valence-corrected chi connectivity index (χ2v) is 11.5. The Labute approximate surface area is 190 Å². The molecule has 2 aromatic carbocycles. The van der Waals surface area contributed by atoms with E-state index in [2.05, 4.69) is 10.0 Å². The maximum absolute atomic E-state index is 13.0. The van der Waals surface area contributed by atoms with Gasteiger partial charge in [-0.15, -0.1) is 0 Å². The number of rotatable bonds is 8. The van der Waals surface area contributed by atoms with Crippen molar-refractivity contribution in [1.29, 1.82) is 0 Å². The first-order chi connectivity index (χ1) is 15.1. The number of hydrogen-bond donors (Lipinski definition) is 2. The van der Waals surface area contributed by atoms with E-state index in [1.807, 2.05) is 6.92 Å². The van der Waals surface area contributed by atoms with Crippen LogP contribution in [0.2, 0.25) is 0 Å². The van der Waals surface area contributed by atoms with Gasteiger partial charge in [-0.25, -0.2) is 16.8 Å². The van der Waals surface area contributed by atoms with Crippen molar-refractivity contribution in [3.63, 3.8) is 0 Å². The van der Waals surface area contributed by atoms with Crippen molar-refractivity contribution >= 4 is 43.0 Å². The van der Waals surface area contributed by atoms with Crippen molar-refractivity contribution in [1.82, 2.24) is 0 Å². The number of aryl methyl sites for hydroxylation is 2. The summed E-state index contributed by atoms with van der Waals surface area (Å²) in [5.41, 5.74) is 2.82. The zero-order chi connectivity index (χ0) is 23.5. The molecule has 1 amide bonds. The van der Waals surface area contributed by atoms with E-state index < -0.39 is 20.0 Å². The third kappa shape index (κ3) is 5.24. The Balaban J connectivity index is 1.85. The fraction of sp³-hybridized carbons (Fsp3) is 0.409. The smallest absolute Gasteiger partial charge is 0.262 e. The zero-order valence-electron chi connectivity index (χ0n) is 18.5. The number of nitrogens with zero attached hydrogens (tertiary/aromatic N) is 1. The molecule has 0 radical (unpaired) electrons. The molecule has 0 saturated carbocycles. The first-order valence-electron chi connectivity index (χ1n) is 10.6. The predicted octanol–water partition coefficient (Wildman–Crippen LogP) is 3.64. The number of carbonyl (C=O) groups excluding carboxylic acids is 1. The number of sulfonamides is 2. The third-order valence-electron chi connectivity index (χ3n) is 5.27. The first-order valence-corrected chi connectivity index (χ1v) is 13.7. The van der Waals surface area contributed by atoms with Crippen molar-refractivity contribution in [2.45, 2.75) is 51.3 Å². The van der Waals surface area contributed by atoms with E-state index in [1.54, 1.807) is 44.2 Å². The normalized spacial score (nSPS) is 14.0. The summed E-state index contributed by atoms with van der Waals surface area (Å²) in [7, 11) is -7.26. The summed E-state index contributed by atoms with van der Waals surface area (Å²) < 4.78 is 55.2. The van der Waals surface area contributed by atoms with E-state index in [4.69, 9.17) is 0 Å². The Kier molecular flexibility index (Phi) is 7.14. The second kappa shape index (κ2) is 9.50. The van der Waals surface area contributed by atoms with Crippen LogP contribution in [0.5, 0.6) is 0 Å². The van der Waals surface area contributed by atoms with Crippen molar-refractivity contribution in [2.24, 2.45) is 0 Å². The summed E-state index contributed by atoms with van der Waals surface area (Å²) in [5.74, 6) is -0.0726. The van der Waals surface area contributed by atoms with Crippen LogP contribution in [-0.2, 0) is 31.3 Å². The molecule has 0 bridgehead atoms. The van der Waals surface area contributed by atoms with Crippen molar-refractivity contribution in [2.75, 3.05) is 26.6 Å². The fourth-order valence-corrected chi connectivity index (χ4v) is 6.67. The lowest BCUT2D eigenvalue weighted by molar-refractivity contribution is -0.115. The van der Waals surface area contributed by atoms with Gasteiger partial charge in [0.05, 0.1) is 16.3 Å². The summed E-state index contributed by atoms with van der Waals surface area (Å²) in [5, 5.41) is 2.71. The molecule has 2 aromatic rings. The first kappa shape index (κ1) is 24.1. The Bertz CT molecular complexity index is 1220. The summed E-state index contributed by atoms with van der Waals surface area (Å²) in [6, 6.07) is 9.58. The summed E-state index contributed by atoms with van der Waals surface area (Å²) in [6.07, 6.45) is 2.21. The number of benzene rings is 2. The van der Waals surface area contributed by atoms with Gasteiger partial charge in [-0.2, -0.15) is 0 Å². The van der Waals surface area contributed by atoms with Crippen LogP contribution in [0.3, 0.4) is 0 Å². The molecule has 1 aliphatic heterocycles. The van der Waals surface area contributed by atoms with Crippen LogP contribution in [0.4, 0.5) is 17.1 Å². The minimum atomic E-state index is -3.87. The molecule has 0 unspecified atom stereocenters. The minimum absolute atomic E-state index is 0.0782. The Morgan fingerprint density at radius 1 is 1.03 bits per heavy atom. The number of fused-ring (bicyclic) bond motifs is 1. The van der Waals surface area contributed by atoms with Gasteiger partial charge in [-0.05, 0) is 73.7 Å². The van der Waals surface area contributed by atoms with Crippen LogP contribution in [0.25, 0.3) is 0 Å². The Hall–Kier alpha value is -2.59. The number of amides is 1. The van der Waals surface area contributed by atoms with Crippen molar-refractivity contribution in [3.05, 3.63) is 47.5 Å². The van der Waals surface area contributed by atoms with Gasteiger partial charge in [0.25, 0.3) is 10.0 Å². The fourth-order valence-electron chi connectivity index (χ4n) is 3.77. The van der Waals surface area contributed by atoms with Gasteiger partial charge in [0.15, 0.2) is 0 Å². The van der Waals surface area contributed by atoms with Crippen LogP contribution in [0.1, 0.15) is 44.2 Å². The van der Waals surface area contributed by atoms with Crippen LogP contribution in [0, 0.1) is 6.92 Å². The average Bonchev–Trinajstić information content (AvgIpc) is 2.72. The molecule has 10 heteroatoms. The lowest BCUT2D eigenvalue weighted by Crippen LogP contribution is -2.37. The van der Waals surface area contributed by atoms with E-state index in [0.29, 0.717) is 54.9 Å². The quantitative estimate of drug-likeness (QED) is 0.600. The topological polar surface area (TPSA) is 113 Å². The molecule has 3 rings (SSSR count). The van der Waals surface area contributed by atoms with E-state index in [-0.39, 0.29) is 16.6 Å². The number of hydrogen-bond acceptors (Lipinski definition) is 5. The van der Waals surface area contributed by atoms with Gasteiger partial charge >= 0.3 is 0 Å². The molecular formula is C22H29N3O5S2. The molecule has 8 nitrogen and oxygen atoms in total. The van der Waals surface area contributed by atoms with E-state index in [1.165, 1.54) is 10.4 Å². The highest BCUT2D eigenvalue weighted by Crippen LogP contribution is 2.33.